The largest absolute Gasteiger partial charge is 0.334 e. The van der Waals surface area contributed by atoms with E-state index in [2.05, 4.69) is 34.7 Å². The molecule has 0 saturated carbocycles. The van der Waals surface area contributed by atoms with E-state index in [-0.39, 0.29) is 6.03 Å². The minimum atomic E-state index is -0.398. The van der Waals surface area contributed by atoms with E-state index >= 15 is 0 Å². The van der Waals surface area contributed by atoms with Gasteiger partial charge < -0.3 is 9.84 Å². The number of nitrogens with one attached hydrogen (secondary N) is 1. The summed E-state index contributed by atoms with van der Waals surface area (Å²) in [5.41, 5.74) is 5.59. The van der Waals surface area contributed by atoms with Gasteiger partial charge in [0.1, 0.15) is 0 Å². The van der Waals surface area contributed by atoms with Gasteiger partial charge in [-0.25, -0.2) is 4.79 Å². The fourth-order valence-corrected chi connectivity index (χ4v) is 4.70. The number of thioether (sulfide) groups is 1. The van der Waals surface area contributed by atoms with Gasteiger partial charge in [-0.3, -0.25) is 4.90 Å². The molecule has 3 aromatic carbocycles. The van der Waals surface area contributed by atoms with Crippen LogP contribution in [0.25, 0.3) is 17.0 Å². The van der Waals surface area contributed by atoms with E-state index in [0.717, 1.165) is 33.5 Å². The second-order valence-electron chi connectivity index (χ2n) is 8.52. The lowest BCUT2D eigenvalue weighted by Crippen LogP contribution is -2.45. The molecule has 1 N–H and O–H groups in total. The number of hydrogen-bond acceptors (Lipinski definition) is 5. The Morgan fingerprint density at radius 1 is 1.00 bits per heavy atom. The van der Waals surface area contributed by atoms with Crippen LogP contribution in [0.1, 0.15) is 35.5 Å². The first-order valence-corrected chi connectivity index (χ1v) is 12.6. The molecule has 5 rings (SSSR count). The van der Waals surface area contributed by atoms with Crippen molar-refractivity contribution in [2.24, 2.45) is 0 Å². The Morgan fingerprint density at radius 2 is 1.77 bits per heavy atom. The van der Waals surface area contributed by atoms with Crippen LogP contribution in [0.4, 0.5) is 4.79 Å². The second kappa shape index (κ2) is 9.80. The lowest BCUT2D eigenvalue weighted by atomic mass is 9.94. The zero-order valence-electron chi connectivity index (χ0n) is 19.9. The number of rotatable bonds is 6. The second-order valence-corrected chi connectivity index (χ2v) is 9.40. The van der Waals surface area contributed by atoms with E-state index < -0.39 is 6.04 Å². The fraction of sp³-hybridized carbons (Fsp3) is 0.179. The quantitative estimate of drug-likeness (QED) is 0.319. The van der Waals surface area contributed by atoms with Crippen LogP contribution in [-0.2, 0) is 6.54 Å². The predicted octanol–water partition coefficient (Wildman–Crippen LogP) is 6.46. The summed E-state index contributed by atoms with van der Waals surface area (Å²) < 4.78 is 5.78. The number of urea groups is 1. The van der Waals surface area contributed by atoms with Gasteiger partial charge in [0.15, 0.2) is 0 Å². The van der Waals surface area contributed by atoms with Gasteiger partial charge in [0.05, 0.1) is 18.2 Å². The topological polar surface area (TPSA) is 71.3 Å². The number of amides is 2. The summed E-state index contributed by atoms with van der Waals surface area (Å²) in [6, 6.07) is 25.5. The zero-order valence-corrected chi connectivity index (χ0v) is 20.7. The molecule has 1 unspecified atom stereocenters. The molecule has 1 aliphatic heterocycles. The maximum Gasteiger partial charge on any atom is 0.322 e. The van der Waals surface area contributed by atoms with E-state index in [1.807, 2.05) is 74.7 Å². The van der Waals surface area contributed by atoms with Crippen molar-refractivity contribution in [3.8, 4) is 11.4 Å². The molecule has 1 aromatic heterocycles. The third kappa shape index (κ3) is 4.72. The number of hydrogen-bond donors (Lipinski definition) is 1. The van der Waals surface area contributed by atoms with Crippen LogP contribution in [-0.4, -0.2) is 27.3 Å². The summed E-state index contributed by atoms with van der Waals surface area (Å²) in [7, 11) is 0. The summed E-state index contributed by atoms with van der Waals surface area (Å²) in [6.45, 7) is 4.41. The third-order valence-electron chi connectivity index (χ3n) is 6.16. The van der Waals surface area contributed by atoms with Crippen molar-refractivity contribution < 1.29 is 9.32 Å². The molecule has 0 spiro atoms. The molecule has 0 aliphatic carbocycles. The zero-order chi connectivity index (χ0) is 24.4. The summed E-state index contributed by atoms with van der Waals surface area (Å²) in [4.78, 5) is 20.9. The summed E-state index contributed by atoms with van der Waals surface area (Å²) in [6.07, 6.45) is 2.05. The highest BCUT2D eigenvalue weighted by atomic mass is 32.2. The SMILES string of the molecule is CSc1ccc(CN2C(=O)NC(c3ccccc3)C(c3nc(-c4cccc(C)c4)no3)=C2C)cc1. The van der Waals surface area contributed by atoms with Crippen LogP contribution in [0.5, 0.6) is 0 Å². The summed E-state index contributed by atoms with van der Waals surface area (Å²) >= 11 is 1.69. The highest BCUT2D eigenvalue weighted by Crippen LogP contribution is 2.38. The molecule has 4 aromatic rings. The maximum atomic E-state index is 13.3. The molecular formula is C28H26N4O2S. The normalized spacial score (nSPS) is 15.9. The standard InChI is InChI=1S/C28H26N4O2S/c1-18-8-7-11-22(16-18)26-30-27(34-31-26)24-19(2)32(17-20-12-14-23(35-3)15-13-20)28(33)29-25(24)21-9-5-4-6-10-21/h4-16,25H,17H2,1-3H3,(H,29,33). The molecule has 0 saturated heterocycles. The van der Waals surface area contributed by atoms with Crippen LogP contribution >= 0.6 is 11.8 Å². The summed E-state index contributed by atoms with van der Waals surface area (Å²) in [5.74, 6) is 0.919. The number of aromatic nitrogens is 2. The lowest BCUT2D eigenvalue weighted by Gasteiger charge is -2.35. The average molecular weight is 483 g/mol. The molecule has 0 radical (unpaired) electrons. The van der Waals surface area contributed by atoms with E-state index in [1.165, 1.54) is 4.90 Å². The molecule has 7 heteroatoms. The van der Waals surface area contributed by atoms with Gasteiger partial charge in [-0.2, -0.15) is 4.98 Å². The molecule has 1 aliphatic rings. The summed E-state index contributed by atoms with van der Waals surface area (Å²) in [5, 5.41) is 7.42. The van der Waals surface area contributed by atoms with E-state index in [4.69, 9.17) is 9.51 Å². The van der Waals surface area contributed by atoms with Gasteiger partial charge in [-0.15, -0.1) is 11.8 Å². The van der Waals surface area contributed by atoms with E-state index in [0.29, 0.717) is 18.3 Å². The molecule has 176 valence electrons. The van der Waals surface area contributed by atoms with Gasteiger partial charge in [0, 0.05) is 16.2 Å². The first-order chi connectivity index (χ1) is 17.0. The van der Waals surface area contributed by atoms with Crippen molar-refractivity contribution >= 4 is 23.4 Å². The average Bonchev–Trinajstić information content (AvgIpc) is 3.37. The molecule has 0 bridgehead atoms. The molecule has 1 atom stereocenters. The van der Waals surface area contributed by atoms with E-state index in [9.17, 15) is 4.79 Å². The van der Waals surface area contributed by atoms with E-state index in [1.54, 1.807) is 16.7 Å². The highest BCUT2D eigenvalue weighted by Gasteiger charge is 2.35. The van der Waals surface area contributed by atoms with Crippen LogP contribution in [0.15, 0.2) is 94.0 Å². The first-order valence-electron chi connectivity index (χ1n) is 11.4. The van der Waals surface area contributed by atoms with Gasteiger partial charge in [-0.1, -0.05) is 71.4 Å². The highest BCUT2D eigenvalue weighted by molar-refractivity contribution is 7.98. The number of benzene rings is 3. The van der Waals surface area contributed by atoms with Crippen LogP contribution in [0, 0.1) is 6.92 Å². The predicted molar refractivity (Wildman–Crippen MR) is 139 cm³/mol. The minimum absolute atomic E-state index is 0.160. The number of carbonyl (C=O) groups is 1. The number of allylic oxidation sites excluding steroid dienone is 1. The smallest absolute Gasteiger partial charge is 0.322 e. The van der Waals surface area contributed by atoms with Gasteiger partial charge in [0.25, 0.3) is 5.89 Å². The van der Waals surface area contributed by atoms with Gasteiger partial charge in [-0.05, 0) is 49.4 Å². The maximum absolute atomic E-state index is 13.3. The number of aryl methyl sites for hydroxylation is 1. The lowest BCUT2D eigenvalue weighted by molar-refractivity contribution is 0.203. The van der Waals surface area contributed by atoms with Gasteiger partial charge in [0.2, 0.25) is 5.82 Å². The number of carbonyl (C=O) groups excluding carboxylic acids is 1. The van der Waals surface area contributed by atoms with Crippen molar-refractivity contribution in [2.75, 3.05) is 6.26 Å². The third-order valence-corrected chi connectivity index (χ3v) is 6.91. The molecule has 0 fully saturated rings. The molecule has 6 nitrogen and oxygen atoms in total. The van der Waals surface area contributed by atoms with Crippen LogP contribution < -0.4 is 5.32 Å². The Hall–Kier alpha value is -3.84. The number of nitrogens with zero attached hydrogens (tertiary/aromatic N) is 3. The molecular weight excluding hydrogens is 456 g/mol. The van der Waals surface area contributed by atoms with Crippen molar-refractivity contribution in [1.82, 2.24) is 20.4 Å². The Kier molecular flexibility index (Phi) is 6.42. The fourth-order valence-electron chi connectivity index (χ4n) is 4.29. The Morgan fingerprint density at radius 3 is 2.49 bits per heavy atom. The molecule has 35 heavy (non-hydrogen) atoms. The minimum Gasteiger partial charge on any atom is -0.334 e. The Bertz CT molecular complexity index is 1380. The van der Waals surface area contributed by atoms with Gasteiger partial charge >= 0.3 is 6.03 Å². The first kappa shape index (κ1) is 22.9. The molecule has 2 heterocycles. The van der Waals surface area contributed by atoms with Crippen molar-refractivity contribution in [3.63, 3.8) is 0 Å². The monoisotopic (exact) mass is 482 g/mol. The Labute approximate surface area is 209 Å². The van der Waals surface area contributed by atoms with Crippen molar-refractivity contribution in [3.05, 3.63) is 107 Å². The molecule has 2 amide bonds. The van der Waals surface area contributed by atoms with Crippen LogP contribution in [0.2, 0.25) is 0 Å². The Balaban J connectivity index is 1.57. The van der Waals surface area contributed by atoms with Crippen molar-refractivity contribution in [1.29, 1.82) is 0 Å². The van der Waals surface area contributed by atoms with Crippen LogP contribution in [0.3, 0.4) is 0 Å². The van der Waals surface area contributed by atoms with Crippen molar-refractivity contribution in [2.45, 2.75) is 31.3 Å².